The molecule has 4 aliphatic carbocycles. The summed E-state index contributed by atoms with van der Waals surface area (Å²) >= 11 is 3.80. The van der Waals surface area contributed by atoms with E-state index in [0.29, 0.717) is 0 Å². The topological polar surface area (TPSA) is 3.24 Å². The van der Waals surface area contributed by atoms with E-state index in [1.54, 1.807) is 0 Å². The fourth-order valence-corrected chi connectivity index (χ4v) is 18.2. The van der Waals surface area contributed by atoms with Crippen LogP contribution in [0.4, 0.5) is 17.1 Å². The van der Waals surface area contributed by atoms with Gasteiger partial charge < -0.3 is 4.90 Å². The van der Waals surface area contributed by atoms with Gasteiger partial charge in [-0.25, -0.2) is 0 Å². The lowest BCUT2D eigenvalue weighted by Gasteiger charge is -2.40. The average molecular weight is 1020 g/mol. The lowest BCUT2D eigenvalue weighted by atomic mass is 9.67. The molecule has 0 N–H and O–H groups in total. The van der Waals surface area contributed by atoms with E-state index < -0.39 is 16.2 Å². The number of nitrogens with zero attached hydrogens (tertiary/aromatic N) is 1. The second kappa shape index (κ2) is 15.6. The zero-order valence-corrected chi connectivity index (χ0v) is 43.9. The Morgan fingerprint density at radius 3 is 0.718 bits per heavy atom. The van der Waals surface area contributed by atoms with E-state index in [1.807, 2.05) is 23.5 Å². The minimum absolute atomic E-state index is 0.522. The van der Waals surface area contributed by atoms with Gasteiger partial charge in [-0.2, -0.15) is 0 Å². The normalized spacial score (nSPS) is 15.4. The predicted octanol–water partition coefficient (Wildman–Crippen LogP) is 19.2. The number of benzene rings is 12. The van der Waals surface area contributed by atoms with Crippen LogP contribution in [0.1, 0.15) is 66.8 Å². The Balaban J connectivity index is 1.00. The first-order valence-corrected chi connectivity index (χ1v) is 28.8. The highest BCUT2D eigenvalue weighted by Crippen LogP contribution is 2.70. The smallest absolute Gasteiger partial charge is 0.0736 e. The Morgan fingerprint density at radius 1 is 0.192 bits per heavy atom. The first-order valence-electron chi connectivity index (χ1n) is 27.2. The molecule has 0 bridgehead atoms. The molecule has 12 aromatic carbocycles. The van der Waals surface area contributed by atoms with Crippen LogP contribution >= 0.6 is 23.5 Å². The zero-order chi connectivity index (χ0) is 50.9. The van der Waals surface area contributed by atoms with Crippen molar-refractivity contribution in [2.24, 2.45) is 0 Å². The molecular formula is C75H45NS2. The van der Waals surface area contributed by atoms with Crippen molar-refractivity contribution in [1.82, 2.24) is 0 Å². The molecule has 6 aliphatic rings. The molecular weight excluding hydrogens is 979 g/mol. The zero-order valence-electron chi connectivity index (χ0n) is 42.2. The molecule has 2 heterocycles. The molecule has 2 aliphatic heterocycles. The van der Waals surface area contributed by atoms with Gasteiger partial charge in [0, 0.05) is 36.3 Å². The summed E-state index contributed by atoms with van der Waals surface area (Å²) in [5.74, 6) is 0. The Hall–Kier alpha value is -8.86. The van der Waals surface area contributed by atoms with E-state index >= 15 is 0 Å². The molecule has 0 atom stereocenters. The summed E-state index contributed by atoms with van der Waals surface area (Å²) in [6, 6.07) is 105. The molecule has 0 amide bonds. The van der Waals surface area contributed by atoms with E-state index in [0.717, 1.165) is 17.1 Å². The molecule has 3 heteroatoms. The third kappa shape index (κ3) is 5.09. The molecule has 0 radical (unpaired) electrons. The fraction of sp³-hybridized carbons (Fsp3) is 0.0400. The van der Waals surface area contributed by atoms with Crippen LogP contribution in [-0.2, 0) is 16.2 Å². The van der Waals surface area contributed by atoms with Gasteiger partial charge in [-0.3, -0.25) is 0 Å². The van der Waals surface area contributed by atoms with Crippen molar-refractivity contribution in [3.05, 3.63) is 340 Å². The van der Waals surface area contributed by atoms with Crippen molar-refractivity contribution in [2.45, 2.75) is 35.8 Å². The Morgan fingerprint density at radius 2 is 0.410 bits per heavy atom. The van der Waals surface area contributed by atoms with E-state index in [-0.39, 0.29) is 0 Å². The molecule has 362 valence electrons. The summed E-state index contributed by atoms with van der Waals surface area (Å²) < 4.78 is 0. The summed E-state index contributed by atoms with van der Waals surface area (Å²) in [7, 11) is 0. The maximum absolute atomic E-state index is 2.72. The van der Waals surface area contributed by atoms with Crippen molar-refractivity contribution in [3.8, 4) is 44.5 Å². The van der Waals surface area contributed by atoms with Gasteiger partial charge in [-0.05, 0) is 137 Å². The van der Waals surface area contributed by atoms with Gasteiger partial charge >= 0.3 is 0 Å². The summed E-state index contributed by atoms with van der Waals surface area (Å²) in [6.45, 7) is 0. The third-order valence-electron chi connectivity index (χ3n) is 18.4. The monoisotopic (exact) mass is 1020 g/mol. The molecule has 0 aromatic heterocycles. The minimum Gasteiger partial charge on any atom is -0.309 e. The SMILES string of the molecule is c1ccc2c(c1)Sc1ccccc1C21c2ccccc2-c2c(N(c3cccc4c3-c3ccccc3C43c4ccccc4Sc4ccccc43)c3cccc4c3-c3ccccc3C43c4ccccc4-c4ccccc43)cccc21. The highest BCUT2D eigenvalue weighted by molar-refractivity contribution is 7.99. The molecule has 3 spiro atoms. The van der Waals surface area contributed by atoms with E-state index in [1.165, 1.54) is 131 Å². The molecule has 12 aromatic rings. The number of hydrogen-bond donors (Lipinski definition) is 0. The van der Waals surface area contributed by atoms with Gasteiger partial charge in [0.15, 0.2) is 0 Å². The fourth-order valence-electron chi connectivity index (χ4n) is 15.8. The Kier molecular flexibility index (Phi) is 8.68. The van der Waals surface area contributed by atoms with Crippen LogP contribution in [0.15, 0.2) is 293 Å². The number of hydrogen-bond acceptors (Lipinski definition) is 3. The van der Waals surface area contributed by atoms with Crippen LogP contribution in [0.3, 0.4) is 0 Å². The van der Waals surface area contributed by atoms with Crippen molar-refractivity contribution < 1.29 is 0 Å². The quantitative estimate of drug-likeness (QED) is 0.174. The van der Waals surface area contributed by atoms with Crippen LogP contribution in [0, 0.1) is 0 Å². The Labute approximate surface area is 462 Å². The second-order valence-electron chi connectivity index (χ2n) is 21.6. The number of anilines is 3. The predicted molar refractivity (Wildman–Crippen MR) is 320 cm³/mol. The van der Waals surface area contributed by atoms with Crippen LogP contribution in [0.5, 0.6) is 0 Å². The van der Waals surface area contributed by atoms with Gasteiger partial charge in [0.2, 0.25) is 0 Å². The van der Waals surface area contributed by atoms with Gasteiger partial charge in [-0.15, -0.1) is 0 Å². The first kappa shape index (κ1) is 43.3. The molecule has 0 saturated heterocycles. The van der Waals surface area contributed by atoms with E-state index in [9.17, 15) is 0 Å². The summed E-state index contributed by atoms with van der Waals surface area (Å²) in [5, 5.41) is 0. The van der Waals surface area contributed by atoms with Crippen LogP contribution in [0.2, 0.25) is 0 Å². The molecule has 0 fully saturated rings. The largest absolute Gasteiger partial charge is 0.309 e. The molecule has 0 unspecified atom stereocenters. The van der Waals surface area contributed by atoms with Gasteiger partial charge in [0.05, 0.1) is 33.3 Å². The maximum atomic E-state index is 2.72. The minimum atomic E-state index is -0.554. The molecule has 18 rings (SSSR count). The third-order valence-corrected chi connectivity index (χ3v) is 20.7. The number of rotatable bonds is 3. The summed E-state index contributed by atoms with van der Waals surface area (Å²) in [6.07, 6.45) is 0. The number of fused-ring (bicyclic) bond motifs is 28. The van der Waals surface area contributed by atoms with Crippen LogP contribution < -0.4 is 4.90 Å². The Bertz CT molecular complexity index is 4290. The van der Waals surface area contributed by atoms with E-state index in [4.69, 9.17) is 0 Å². The average Bonchev–Trinajstić information content (AvgIpc) is 4.26. The lowest BCUT2D eigenvalue weighted by molar-refractivity contribution is 0.722. The van der Waals surface area contributed by atoms with Crippen molar-refractivity contribution >= 4 is 40.6 Å². The first-order chi connectivity index (χ1) is 38.7. The second-order valence-corrected chi connectivity index (χ2v) is 23.8. The van der Waals surface area contributed by atoms with Crippen LogP contribution in [0.25, 0.3) is 44.5 Å². The van der Waals surface area contributed by atoms with Gasteiger partial charge in [0.1, 0.15) is 0 Å². The summed E-state index contributed by atoms with van der Waals surface area (Å²) in [4.78, 5) is 7.92. The van der Waals surface area contributed by atoms with Crippen LogP contribution in [-0.4, -0.2) is 0 Å². The highest BCUT2D eigenvalue weighted by Gasteiger charge is 2.56. The molecule has 78 heavy (non-hydrogen) atoms. The van der Waals surface area contributed by atoms with Gasteiger partial charge in [-0.1, -0.05) is 254 Å². The van der Waals surface area contributed by atoms with E-state index in [2.05, 4.69) is 278 Å². The summed E-state index contributed by atoms with van der Waals surface area (Å²) in [5.41, 5.74) is 28.0. The van der Waals surface area contributed by atoms with Crippen molar-refractivity contribution in [2.75, 3.05) is 4.90 Å². The molecule has 1 nitrogen and oxygen atoms in total. The van der Waals surface area contributed by atoms with Crippen molar-refractivity contribution in [1.29, 1.82) is 0 Å². The van der Waals surface area contributed by atoms with Crippen molar-refractivity contribution in [3.63, 3.8) is 0 Å². The van der Waals surface area contributed by atoms with Gasteiger partial charge in [0.25, 0.3) is 0 Å². The lowest BCUT2D eigenvalue weighted by Crippen LogP contribution is -2.32. The maximum Gasteiger partial charge on any atom is 0.0736 e. The molecule has 0 saturated carbocycles. The standard InChI is InChI=1S/C75H45NS2/c1-6-27-51-46(22-1)47-23-2-7-28-52(47)73(51)53-29-8-3-24-48(53)70-60(73)36-19-39-63(70)76(64-40-20-37-61-71(64)49-25-4-9-30-54(49)74(61)56-32-11-15-42-66(56)77-67-43-16-12-33-57(67)74)65-41-21-38-62-72(65)50-26-5-10-31-55(50)75(62)58-34-13-17-44-68(58)78-69-45-18-14-35-59(69)75/h1-45H. The highest BCUT2D eigenvalue weighted by atomic mass is 32.2.